The first kappa shape index (κ1) is 20.0. The van der Waals surface area contributed by atoms with Gasteiger partial charge in [0.15, 0.2) is 0 Å². The monoisotopic (exact) mass is 272 g/mol. The molecular weight excluding hydrogens is 244 g/mol. The molecule has 0 aromatic heterocycles. The Morgan fingerprint density at radius 2 is 1.00 bits per heavy atom. The Bertz CT molecular complexity index is 214. The number of hydrogen-bond donors (Lipinski definition) is 2. The van der Waals surface area contributed by atoms with Crippen molar-refractivity contribution in [2.75, 3.05) is 0 Å². The molecule has 0 heterocycles. The summed E-state index contributed by atoms with van der Waals surface area (Å²) < 4.78 is 0. The summed E-state index contributed by atoms with van der Waals surface area (Å²) in [6, 6.07) is 0. The molecule has 112 valence electrons. The van der Waals surface area contributed by atoms with Gasteiger partial charge in [-0.1, -0.05) is 44.6 Å². The minimum atomic E-state index is -0.714. The highest BCUT2D eigenvalue weighted by Gasteiger charge is 1.98. The molecule has 0 aliphatic carbocycles. The summed E-state index contributed by atoms with van der Waals surface area (Å²) in [7, 11) is 0. The number of carboxylic acid groups (broad SMARTS) is 2. The molecule has 0 amide bonds. The van der Waals surface area contributed by atoms with Crippen LogP contribution in [0.15, 0.2) is 12.7 Å². The van der Waals surface area contributed by atoms with Gasteiger partial charge in [-0.3, -0.25) is 9.59 Å². The number of rotatable bonds is 11. The van der Waals surface area contributed by atoms with Gasteiger partial charge in [-0.05, 0) is 19.8 Å². The zero-order valence-electron chi connectivity index (χ0n) is 12.1. The van der Waals surface area contributed by atoms with Crippen LogP contribution in [0.5, 0.6) is 0 Å². The predicted molar refractivity (Wildman–Crippen MR) is 77.3 cm³/mol. The molecule has 2 N–H and O–H groups in total. The molecule has 4 nitrogen and oxygen atoms in total. The van der Waals surface area contributed by atoms with E-state index in [1.165, 1.54) is 0 Å². The summed E-state index contributed by atoms with van der Waals surface area (Å²) in [6.45, 7) is 5.25. The van der Waals surface area contributed by atoms with Crippen LogP contribution in [-0.2, 0) is 9.59 Å². The van der Waals surface area contributed by atoms with E-state index >= 15 is 0 Å². The number of aliphatic carboxylic acids is 2. The number of carboxylic acids is 2. The zero-order valence-corrected chi connectivity index (χ0v) is 12.1. The zero-order chi connectivity index (χ0) is 14.9. The van der Waals surface area contributed by atoms with E-state index in [9.17, 15) is 9.59 Å². The van der Waals surface area contributed by atoms with E-state index in [1.54, 1.807) is 6.08 Å². The molecule has 0 bridgehead atoms. The summed E-state index contributed by atoms with van der Waals surface area (Å²) in [6.07, 6.45) is 10.3. The third-order valence-corrected chi connectivity index (χ3v) is 2.53. The van der Waals surface area contributed by atoms with Gasteiger partial charge in [0, 0.05) is 12.8 Å². The second-order valence-corrected chi connectivity index (χ2v) is 4.52. The van der Waals surface area contributed by atoms with Gasteiger partial charge in [0.05, 0.1) is 0 Å². The fourth-order valence-corrected chi connectivity index (χ4v) is 1.61. The van der Waals surface area contributed by atoms with Gasteiger partial charge in [0.1, 0.15) is 0 Å². The summed E-state index contributed by atoms with van der Waals surface area (Å²) in [5, 5.41) is 16.8. The lowest BCUT2D eigenvalue weighted by atomic mass is 10.1. The lowest BCUT2D eigenvalue weighted by Crippen LogP contribution is -1.94. The first-order chi connectivity index (χ1) is 9.04. The van der Waals surface area contributed by atoms with Crippen molar-refractivity contribution in [3.8, 4) is 0 Å². The summed E-state index contributed by atoms with van der Waals surface area (Å²) >= 11 is 0. The molecule has 0 atom stereocenters. The normalized spacial score (nSPS) is 9.32. The topological polar surface area (TPSA) is 74.6 Å². The van der Waals surface area contributed by atoms with Crippen molar-refractivity contribution in [3.63, 3.8) is 0 Å². The van der Waals surface area contributed by atoms with Crippen LogP contribution in [0.2, 0.25) is 0 Å². The smallest absolute Gasteiger partial charge is 0.303 e. The van der Waals surface area contributed by atoms with Gasteiger partial charge in [-0.15, -0.1) is 6.58 Å². The van der Waals surface area contributed by atoms with Crippen molar-refractivity contribution in [3.05, 3.63) is 12.7 Å². The number of carbonyl (C=O) groups is 2. The predicted octanol–water partition coefficient (Wildman–Crippen LogP) is 4.25. The van der Waals surface area contributed by atoms with Crippen LogP contribution in [-0.4, -0.2) is 22.2 Å². The molecule has 4 heteroatoms. The van der Waals surface area contributed by atoms with Crippen LogP contribution in [0.3, 0.4) is 0 Å². The van der Waals surface area contributed by atoms with Crippen molar-refractivity contribution in [1.29, 1.82) is 0 Å². The van der Waals surface area contributed by atoms with Gasteiger partial charge in [-0.2, -0.15) is 0 Å². The van der Waals surface area contributed by atoms with Crippen molar-refractivity contribution < 1.29 is 19.8 Å². The Balaban J connectivity index is 0. The molecule has 0 fully saturated rings. The Kier molecular flexibility index (Phi) is 17.6. The highest BCUT2D eigenvalue weighted by Crippen LogP contribution is 2.10. The van der Waals surface area contributed by atoms with E-state index in [4.69, 9.17) is 10.2 Å². The van der Waals surface area contributed by atoms with Crippen molar-refractivity contribution in [2.24, 2.45) is 0 Å². The van der Waals surface area contributed by atoms with Gasteiger partial charge in [0.2, 0.25) is 0 Å². The van der Waals surface area contributed by atoms with Crippen LogP contribution >= 0.6 is 0 Å². The highest BCUT2D eigenvalue weighted by molar-refractivity contribution is 5.66. The Morgan fingerprint density at radius 1 is 0.789 bits per heavy atom. The van der Waals surface area contributed by atoms with Gasteiger partial charge in [0.25, 0.3) is 0 Å². The van der Waals surface area contributed by atoms with Crippen LogP contribution in [0.1, 0.15) is 71.1 Å². The van der Waals surface area contributed by atoms with E-state index in [2.05, 4.69) is 6.58 Å². The molecule has 0 spiro atoms. The molecule has 0 unspecified atom stereocenters. The highest BCUT2D eigenvalue weighted by atomic mass is 16.4. The van der Waals surface area contributed by atoms with Gasteiger partial charge >= 0.3 is 11.9 Å². The second-order valence-electron chi connectivity index (χ2n) is 4.52. The van der Waals surface area contributed by atoms with E-state index in [1.807, 2.05) is 6.92 Å². The average Bonchev–Trinajstić information content (AvgIpc) is 2.32. The van der Waals surface area contributed by atoms with Crippen molar-refractivity contribution in [1.82, 2.24) is 0 Å². The minimum absolute atomic E-state index is 0.276. The third-order valence-electron chi connectivity index (χ3n) is 2.53. The maximum absolute atomic E-state index is 10.2. The fourth-order valence-electron chi connectivity index (χ4n) is 1.61. The molecule has 0 radical (unpaired) electrons. The van der Waals surface area contributed by atoms with Gasteiger partial charge in [-0.25, -0.2) is 0 Å². The fraction of sp³-hybridized carbons (Fsp3) is 0.733. The molecular formula is C15H28O4. The number of allylic oxidation sites excluding steroid dienone is 1. The SMILES string of the molecule is C=CC.O=C(O)CCCCCCCCCCC(=O)O. The van der Waals surface area contributed by atoms with E-state index in [0.29, 0.717) is 0 Å². The van der Waals surface area contributed by atoms with Crippen LogP contribution in [0, 0.1) is 0 Å². The maximum atomic E-state index is 10.2. The Hall–Kier alpha value is -1.32. The Morgan fingerprint density at radius 3 is 1.21 bits per heavy atom. The molecule has 0 aliphatic rings. The van der Waals surface area contributed by atoms with Crippen molar-refractivity contribution >= 4 is 11.9 Å². The molecule has 0 aromatic carbocycles. The lowest BCUT2D eigenvalue weighted by Gasteiger charge is -2.00. The largest absolute Gasteiger partial charge is 0.481 e. The molecule has 0 saturated carbocycles. The van der Waals surface area contributed by atoms with E-state index in [0.717, 1.165) is 51.4 Å². The maximum Gasteiger partial charge on any atom is 0.303 e. The summed E-state index contributed by atoms with van der Waals surface area (Å²) in [5.74, 6) is -1.43. The van der Waals surface area contributed by atoms with Crippen LogP contribution < -0.4 is 0 Å². The lowest BCUT2D eigenvalue weighted by molar-refractivity contribution is -0.138. The van der Waals surface area contributed by atoms with Gasteiger partial charge < -0.3 is 10.2 Å². The number of unbranched alkanes of at least 4 members (excludes halogenated alkanes) is 7. The molecule has 0 aromatic rings. The van der Waals surface area contributed by atoms with Crippen LogP contribution in [0.4, 0.5) is 0 Å². The first-order valence-electron chi connectivity index (χ1n) is 7.05. The number of hydrogen-bond acceptors (Lipinski definition) is 2. The van der Waals surface area contributed by atoms with Crippen LogP contribution in [0.25, 0.3) is 0 Å². The molecule has 0 rings (SSSR count). The second kappa shape index (κ2) is 16.7. The summed E-state index contributed by atoms with van der Waals surface area (Å²) in [5.41, 5.74) is 0. The average molecular weight is 272 g/mol. The van der Waals surface area contributed by atoms with E-state index in [-0.39, 0.29) is 12.8 Å². The standard InChI is InChI=1S/C12H22O4.C3H6/c13-11(14)9-7-5-3-1-2-4-6-8-10-12(15)16;1-3-2/h1-10H2,(H,13,14)(H,15,16);3H,1H2,2H3. The first-order valence-corrected chi connectivity index (χ1v) is 7.05. The van der Waals surface area contributed by atoms with E-state index < -0.39 is 11.9 Å². The quantitative estimate of drug-likeness (QED) is 0.435. The third kappa shape index (κ3) is 26.3. The van der Waals surface area contributed by atoms with Crippen molar-refractivity contribution in [2.45, 2.75) is 71.1 Å². The summed E-state index contributed by atoms with van der Waals surface area (Å²) in [4.78, 5) is 20.4. The Labute approximate surface area is 116 Å². The molecule has 19 heavy (non-hydrogen) atoms. The minimum Gasteiger partial charge on any atom is -0.481 e. The molecule has 0 saturated heterocycles. The molecule has 0 aliphatic heterocycles.